The van der Waals surface area contributed by atoms with Crippen LogP contribution in [0.4, 0.5) is 13.2 Å². The van der Waals surface area contributed by atoms with Gasteiger partial charge in [0.25, 0.3) is 0 Å². The highest BCUT2D eigenvalue weighted by atomic mass is 32.2. The predicted molar refractivity (Wildman–Crippen MR) is 145 cm³/mol. The van der Waals surface area contributed by atoms with Crippen molar-refractivity contribution in [2.75, 3.05) is 11.5 Å². The van der Waals surface area contributed by atoms with Crippen LogP contribution in [0.1, 0.15) is 49.8 Å². The molecule has 1 amide bonds. The van der Waals surface area contributed by atoms with Crippen molar-refractivity contribution in [1.82, 2.24) is 10.3 Å². The van der Waals surface area contributed by atoms with Crippen LogP contribution in [-0.4, -0.2) is 62.2 Å². The van der Waals surface area contributed by atoms with Gasteiger partial charge >= 0.3 is 6.18 Å². The van der Waals surface area contributed by atoms with E-state index in [0.717, 1.165) is 12.1 Å². The van der Waals surface area contributed by atoms with Gasteiger partial charge < -0.3 is 10.1 Å². The van der Waals surface area contributed by atoms with Gasteiger partial charge in [-0.25, -0.2) is 16.8 Å². The van der Waals surface area contributed by atoms with E-state index in [4.69, 9.17) is 4.74 Å². The molecule has 2 saturated carbocycles. The van der Waals surface area contributed by atoms with Crippen LogP contribution in [0.5, 0.6) is 0 Å². The van der Waals surface area contributed by atoms with Crippen molar-refractivity contribution in [1.29, 1.82) is 5.26 Å². The molecule has 2 aliphatic carbocycles. The third-order valence-corrected chi connectivity index (χ3v) is 12.2. The molecule has 2 aromatic rings. The summed E-state index contributed by atoms with van der Waals surface area (Å²) in [5.41, 5.74) is -1.14. The molecule has 0 spiro atoms. The molecule has 0 radical (unpaired) electrons. The molecule has 3 fully saturated rings. The van der Waals surface area contributed by atoms with Gasteiger partial charge in [0.1, 0.15) is 5.54 Å². The number of pyridine rings is 1. The average molecular weight is 626 g/mol. The average Bonchev–Trinajstić information content (AvgIpc) is 3.56. The minimum Gasteiger partial charge on any atom is -0.374 e. The number of amides is 1. The summed E-state index contributed by atoms with van der Waals surface area (Å²) in [4.78, 5) is 16.4. The second-order valence-electron chi connectivity index (χ2n) is 11.3. The van der Waals surface area contributed by atoms with Crippen molar-refractivity contribution in [2.45, 2.75) is 79.5 Å². The Morgan fingerprint density at radius 2 is 1.79 bits per heavy atom. The van der Waals surface area contributed by atoms with Crippen molar-refractivity contribution >= 4 is 25.6 Å². The molecule has 1 saturated heterocycles. The van der Waals surface area contributed by atoms with Crippen LogP contribution in [0.2, 0.25) is 0 Å². The van der Waals surface area contributed by atoms with Crippen LogP contribution in [0.15, 0.2) is 41.4 Å². The zero-order valence-electron chi connectivity index (χ0n) is 22.7. The fourth-order valence-corrected chi connectivity index (χ4v) is 9.14. The number of sulfone groups is 2. The normalized spacial score (nSPS) is 25.5. The predicted octanol–water partition coefficient (Wildman–Crippen LogP) is 3.76. The first-order chi connectivity index (χ1) is 19.6. The van der Waals surface area contributed by atoms with E-state index in [1.165, 1.54) is 18.3 Å². The lowest BCUT2D eigenvalue weighted by atomic mass is 10.0. The van der Waals surface area contributed by atoms with E-state index in [0.29, 0.717) is 24.1 Å². The minimum absolute atomic E-state index is 0.112. The lowest BCUT2D eigenvalue weighted by molar-refractivity contribution is -0.139. The monoisotopic (exact) mass is 625 g/mol. The van der Waals surface area contributed by atoms with E-state index < -0.39 is 71.1 Å². The maximum absolute atomic E-state index is 14.3. The van der Waals surface area contributed by atoms with Crippen molar-refractivity contribution in [3.8, 4) is 17.2 Å². The molecule has 3 atom stereocenters. The largest absolute Gasteiger partial charge is 0.417 e. The molecule has 42 heavy (non-hydrogen) atoms. The molecule has 14 heteroatoms. The summed E-state index contributed by atoms with van der Waals surface area (Å²) < 4.78 is 100. The number of halogens is 3. The number of nitriles is 1. The van der Waals surface area contributed by atoms with Gasteiger partial charge in [-0.05, 0) is 80.8 Å². The van der Waals surface area contributed by atoms with E-state index >= 15 is 0 Å². The Morgan fingerprint density at radius 1 is 1.12 bits per heavy atom. The Labute approximate surface area is 242 Å². The summed E-state index contributed by atoms with van der Waals surface area (Å²) in [5.74, 6) is -1.86. The number of carbonyl (C=O) groups excluding carboxylic acids is 1. The fraction of sp³-hybridized carbons (Fsp3) is 0.536. The Hall–Kier alpha value is -3.02. The van der Waals surface area contributed by atoms with Gasteiger partial charge in [-0.1, -0.05) is 6.07 Å². The summed E-state index contributed by atoms with van der Waals surface area (Å²) in [7, 11) is -7.82. The van der Waals surface area contributed by atoms with E-state index in [-0.39, 0.29) is 42.8 Å². The van der Waals surface area contributed by atoms with Gasteiger partial charge in [0.2, 0.25) is 5.91 Å². The van der Waals surface area contributed by atoms with Gasteiger partial charge in [0, 0.05) is 11.9 Å². The summed E-state index contributed by atoms with van der Waals surface area (Å²) in [6.45, 7) is 1.69. The standard InChI is InChI=1S/C28H30F3N3O6S2/c1-17-12-19(4-9-33-17)18-2-3-25(23(13-18)28(29,30)31)42(38,39)21-14-22(26(35)34-27(16-32)7-8-27)24(15-21)40-20-5-10-41(36,37)11-6-20/h2-4,9,12-13,20-22,24H,5-8,10-11,14-15H2,1H3,(H,34,35)/t21-,22-,24-/m1/s1. The zero-order chi connectivity index (χ0) is 30.5. The zero-order valence-corrected chi connectivity index (χ0v) is 24.4. The molecule has 5 rings (SSSR count). The van der Waals surface area contributed by atoms with Crippen molar-refractivity contribution in [3.05, 3.63) is 47.8 Å². The summed E-state index contributed by atoms with van der Waals surface area (Å²) in [5, 5.41) is 10.7. The van der Waals surface area contributed by atoms with Crippen molar-refractivity contribution in [3.63, 3.8) is 0 Å². The molecule has 9 nitrogen and oxygen atoms in total. The molecule has 3 aliphatic rings. The fourth-order valence-electron chi connectivity index (χ4n) is 5.69. The van der Waals surface area contributed by atoms with Crippen LogP contribution in [-0.2, 0) is 35.4 Å². The van der Waals surface area contributed by atoms with Crippen LogP contribution in [0, 0.1) is 24.2 Å². The minimum atomic E-state index is -4.98. The van der Waals surface area contributed by atoms with E-state index in [1.807, 2.05) is 6.07 Å². The van der Waals surface area contributed by atoms with Crippen LogP contribution in [0.25, 0.3) is 11.1 Å². The first-order valence-electron chi connectivity index (χ1n) is 13.6. The topological polar surface area (TPSA) is 143 Å². The van der Waals surface area contributed by atoms with E-state index in [1.54, 1.807) is 13.0 Å². The number of ether oxygens (including phenoxy) is 1. The summed E-state index contributed by atoms with van der Waals surface area (Å²) >= 11 is 0. The van der Waals surface area contributed by atoms with Gasteiger partial charge in [-0.15, -0.1) is 0 Å². The molecule has 1 aromatic heterocycles. The Morgan fingerprint density at radius 3 is 2.38 bits per heavy atom. The Bertz CT molecular complexity index is 1640. The number of hydrogen-bond acceptors (Lipinski definition) is 8. The lowest BCUT2D eigenvalue weighted by Crippen LogP contribution is -2.43. The molecule has 2 heterocycles. The molecule has 0 bridgehead atoms. The molecular formula is C28H30F3N3O6S2. The highest BCUT2D eigenvalue weighted by molar-refractivity contribution is 7.92. The number of carbonyl (C=O) groups is 1. The molecular weight excluding hydrogens is 595 g/mol. The number of rotatable bonds is 7. The molecule has 1 aliphatic heterocycles. The SMILES string of the molecule is Cc1cc(-c2ccc(S(=O)(=O)[C@H]3C[C@@H](OC4CCS(=O)(=O)CC4)[C@H](C(=O)NC4(C#N)CC4)C3)c(C(F)(F)F)c2)ccn1. The third kappa shape index (κ3) is 6.33. The smallest absolute Gasteiger partial charge is 0.374 e. The summed E-state index contributed by atoms with van der Waals surface area (Å²) in [6, 6.07) is 8.24. The number of aryl methyl sites for hydroxylation is 1. The van der Waals surface area contributed by atoms with E-state index in [9.17, 15) is 40.1 Å². The first kappa shape index (κ1) is 30.4. The maximum Gasteiger partial charge on any atom is 0.417 e. The molecule has 1 aromatic carbocycles. The van der Waals surface area contributed by atoms with Crippen LogP contribution < -0.4 is 5.32 Å². The maximum atomic E-state index is 14.3. The Balaban J connectivity index is 1.46. The number of benzene rings is 1. The van der Waals surface area contributed by atoms with Crippen molar-refractivity contribution in [2.24, 2.45) is 5.92 Å². The number of aromatic nitrogens is 1. The molecule has 226 valence electrons. The Kier molecular flexibility index (Phi) is 7.91. The van der Waals surface area contributed by atoms with Crippen LogP contribution >= 0.6 is 0 Å². The first-order valence-corrected chi connectivity index (χ1v) is 17.0. The summed E-state index contributed by atoms with van der Waals surface area (Å²) in [6.07, 6.45) is -4.38. The number of nitrogens with zero attached hydrogens (tertiary/aromatic N) is 2. The van der Waals surface area contributed by atoms with Gasteiger partial charge in [-0.3, -0.25) is 9.78 Å². The number of nitrogens with one attached hydrogen (secondary N) is 1. The van der Waals surface area contributed by atoms with Gasteiger partial charge in [0.15, 0.2) is 19.7 Å². The van der Waals surface area contributed by atoms with Gasteiger partial charge in [0.05, 0.1) is 51.4 Å². The van der Waals surface area contributed by atoms with Crippen molar-refractivity contribution < 1.29 is 39.5 Å². The highest BCUT2D eigenvalue weighted by Gasteiger charge is 2.52. The lowest BCUT2D eigenvalue weighted by Gasteiger charge is -2.28. The second-order valence-corrected chi connectivity index (χ2v) is 15.8. The quantitative estimate of drug-likeness (QED) is 0.490. The molecule has 0 unspecified atom stereocenters. The van der Waals surface area contributed by atoms with Crippen LogP contribution in [0.3, 0.4) is 0 Å². The van der Waals surface area contributed by atoms with Gasteiger partial charge in [-0.2, -0.15) is 18.4 Å². The number of hydrogen-bond donors (Lipinski definition) is 1. The molecule has 1 N–H and O–H groups in total. The number of alkyl halides is 3. The highest BCUT2D eigenvalue weighted by Crippen LogP contribution is 2.43. The van der Waals surface area contributed by atoms with E-state index in [2.05, 4.69) is 10.3 Å². The third-order valence-electron chi connectivity index (χ3n) is 8.25. The second kappa shape index (κ2) is 10.9.